The van der Waals surface area contributed by atoms with Crippen LogP contribution in [-0.2, 0) is 9.59 Å². The van der Waals surface area contributed by atoms with Gasteiger partial charge < -0.3 is 10.2 Å². The maximum absolute atomic E-state index is 12.7. The Balaban J connectivity index is 1.39. The number of hydrogen-bond donors (Lipinski definition) is 1. The number of nitrogens with zero attached hydrogens (tertiary/aromatic N) is 5. The average Bonchev–Trinajstić information content (AvgIpc) is 3.34. The molecular formula is C23H20N6O4. The van der Waals surface area contributed by atoms with Crippen LogP contribution in [0.15, 0.2) is 61.1 Å². The van der Waals surface area contributed by atoms with Gasteiger partial charge in [0, 0.05) is 30.5 Å². The van der Waals surface area contributed by atoms with Gasteiger partial charge in [0.15, 0.2) is 0 Å². The van der Waals surface area contributed by atoms with E-state index < -0.39 is 16.7 Å². The van der Waals surface area contributed by atoms with Crippen LogP contribution in [0.2, 0.25) is 0 Å². The van der Waals surface area contributed by atoms with E-state index in [2.05, 4.69) is 27.2 Å². The minimum Gasteiger partial charge on any atom is -0.332 e. The first-order chi connectivity index (χ1) is 16.0. The van der Waals surface area contributed by atoms with E-state index in [0.717, 1.165) is 0 Å². The third-order valence-electron chi connectivity index (χ3n) is 5.17. The van der Waals surface area contributed by atoms with Gasteiger partial charge in [-0.25, -0.2) is 4.98 Å². The van der Waals surface area contributed by atoms with Crippen molar-refractivity contribution in [2.24, 2.45) is 0 Å². The highest BCUT2D eigenvalue weighted by Crippen LogP contribution is 2.23. The Labute approximate surface area is 189 Å². The fourth-order valence-corrected chi connectivity index (χ4v) is 3.55. The van der Waals surface area contributed by atoms with Crippen molar-refractivity contribution in [2.75, 3.05) is 18.4 Å². The second-order valence-electron chi connectivity index (χ2n) is 7.48. The number of anilines is 1. The van der Waals surface area contributed by atoms with Gasteiger partial charge in [0.05, 0.1) is 11.0 Å². The van der Waals surface area contributed by atoms with Crippen LogP contribution in [0, 0.1) is 22.0 Å². The summed E-state index contributed by atoms with van der Waals surface area (Å²) in [6, 6.07) is 12.1. The molecule has 33 heavy (non-hydrogen) atoms. The first kappa shape index (κ1) is 21.7. The highest BCUT2D eigenvalue weighted by molar-refractivity contribution is 6.39. The van der Waals surface area contributed by atoms with Crippen LogP contribution < -0.4 is 5.32 Å². The van der Waals surface area contributed by atoms with Crippen LogP contribution in [0.1, 0.15) is 30.1 Å². The number of aromatic nitrogens is 3. The molecule has 4 rings (SSSR count). The van der Waals surface area contributed by atoms with Gasteiger partial charge in [0.1, 0.15) is 18.1 Å². The molecule has 1 aromatic carbocycles. The smallest absolute Gasteiger partial charge is 0.313 e. The van der Waals surface area contributed by atoms with E-state index in [1.807, 2.05) is 12.1 Å². The molecule has 1 aliphatic heterocycles. The second kappa shape index (κ2) is 9.74. The molecule has 1 atom stereocenters. The van der Waals surface area contributed by atoms with Crippen LogP contribution in [-0.4, -0.2) is 49.5 Å². The van der Waals surface area contributed by atoms with Crippen molar-refractivity contribution in [3.8, 4) is 11.8 Å². The standard InChI is InChI=1S/C23H20N6O4/c30-22(26-19-7-3-5-17(13-19)9-10-18-6-1-2-11-24-18)23(31)27-12-4-8-20(15-27)28-16-21(14-25-28)29(32)33/h1-3,5-7,11,13-14,16,20H,4,8,12,15H2,(H,26,30). The largest absolute Gasteiger partial charge is 0.332 e. The van der Waals surface area contributed by atoms with Crippen molar-refractivity contribution in [2.45, 2.75) is 18.9 Å². The summed E-state index contributed by atoms with van der Waals surface area (Å²) in [5.74, 6) is 4.52. The molecule has 3 heterocycles. The average molecular weight is 444 g/mol. The summed E-state index contributed by atoms with van der Waals surface area (Å²) in [6.07, 6.45) is 5.55. The summed E-state index contributed by atoms with van der Waals surface area (Å²) in [5.41, 5.74) is 1.65. The molecule has 2 amide bonds. The molecule has 0 bridgehead atoms. The number of carbonyl (C=O) groups excluding carboxylic acids is 2. The van der Waals surface area contributed by atoms with Gasteiger partial charge >= 0.3 is 17.5 Å². The van der Waals surface area contributed by atoms with Gasteiger partial charge in [-0.3, -0.25) is 24.4 Å². The third-order valence-corrected chi connectivity index (χ3v) is 5.17. The molecule has 10 nitrogen and oxygen atoms in total. The maximum Gasteiger partial charge on any atom is 0.313 e. The number of benzene rings is 1. The van der Waals surface area contributed by atoms with Crippen molar-refractivity contribution < 1.29 is 14.5 Å². The lowest BCUT2D eigenvalue weighted by molar-refractivity contribution is -0.385. The van der Waals surface area contributed by atoms with Crippen LogP contribution in [0.25, 0.3) is 0 Å². The number of pyridine rings is 1. The van der Waals surface area contributed by atoms with Crippen LogP contribution >= 0.6 is 0 Å². The molecule has 1 N–H and O–H groups in total. The molecular weight excluding hydrogens is 424 g/mol. The molecule has 2 aromatic heterocycles. The first-order valence-corrected chi connectivity index (χ1v) is 10.3. The number of nitrogens with one attached hydrogen (secondary N) is 1. The van der Waals surface area contributed by atoms with E-state index in [0.29, 0.717) is 36.3 Å². The number of piperidine rings is 1. The molecule has 1 fully saturated rings. The van der Waals surface area contributed by atoms with E-state index in [-0.39, 0.29) is 18.3 Å². The predicted molar refractivity (Wildman–Crippen MR) is 119 cm³/mol. The van der Waals surface area contributed by atoms with Crippen molar-refractivity contribution in [1.29, 1.82) is 0 Å². The molecule has 10 heteroatoms. The molecule has 166 valence electrons. The predicted octanol–water partition coefficient (Wildman–Crippen LogP) is 2.39. The lowest BCUT2D eigenvalue weighted by atomic mass is 10.1. The fraction of sp³-hybridized carbons (Fsp3) is 0.217. The van der Waals surface area contributed by atoms with Gasteiger partial charge in [-0.1, -0.05) is 18.1 Å². The molecule has 0 aliphatic carbocycles. The summed E-state index contributed by atoms with van der Waals surface area (Å²) in [7, 11) is 0. The molecule has 0 spiro atoms. The molecule has 3 aromatic rings. The van der Waals surface area contributed by atoms with Gasteiger partial charge in [-0.05, 0) is 49.1 Å². The Morgan fingerprint density at radius 3 is 2.82 bits per heavy atom. The highest BCUT2D eigenvalue weighted by Gasteiger charge is 2.29. The second-order valence-corrected chi connectivity index (χ2v) is 7.48. The van der Waals surface area contributed by atoms with Crippen molar-refractivity contribution in [1.82, 2.24) is 19.7 Å². The van der Waals surface area contributed by atoms with Gasteiger partial charge in [-0.2, -0.15) is 5.10 Å². The molecule has 1 unspecified atom stereocenters. The van der Waals surface area contributed by atoms with Crippen molar-refractivity contribution in [3.05, 3.63) is 82.4 Å². The van der Waals surface area contributed by atoms with Crippen molar-refractivity contribution >= 4 is 23.2 Å². The normalized spacial score (nSPS) is 15.3. The van der Waals surface area contributed by atoms with E-state index in [4.69, 9.17) is 0 Å². The topological polar surface area (TPSA) is 123 Å². The summed E-state index contributed by atoms with van der Waals surface area (Å²) >= 11 is 0. The Morgan fingerprint density at radius 1 is 1.18 bits per heavy atom. The van der Waals surface area contributed by atoms with Gasteiger partial charge in [0.2, 0.25) is 0 Å². The lowest BCUT2D eigenvalue weighted by Gasteiger charge is -2.32. The summed E-state index contributed by atoms with van der Waals surface area (Å²) in [6.45, 7) is 0.683. The third kappa shape index (κ3) is 5.40. The minimum atomic E-state index is -0.753. The lowest BCUT2D eigenvalue weighted by Crippen LogP contribution is -2.45. The van der Waals surface area contributed by atoms with Crippen LogP contribution in [0.4, 0.5) is 11.4 Å². The SMILES string of the molecule is O=C(Nc1cccc(C#Cc2ccccn2)c1)C(=O)N1CCCC(n2cc([N+](=O)[O-])cn2)C1. The minimum absolute atomic E-state index is 0.109. The number of hydrogen-bond acceptors (Lipinski definition) is 6. The zero-order valence-corrected chi connectivity index (χ0v) is 17.5. The molecule has 0 saturated carbocycles. The monoisotopic (exact) mass is 444 g/mol. The van der Waals surface area contributed by atoms with E-state index >= 15 is 0 Å². The van der Waals surface area contributed by atoms with Crippen LogP contribution in [0.5, 0.6) is 0 Å². The first-order valence-electron chi connectivity index (χ1n) is 10.3. The molecule has 1 aliphatic rings. The van der Waals surface area contributed by atoms with Crippen LogP contribution in [0.3, 0.4) is 0 Å². The Kier molecular flexibility index (Phi) is 6.40. The number of nitro groups is 1. The quantitative estimate of drug-likeness (QED) is 0.286. The zero-order chi connectivity index (χ0) is 23.2. The number of amides is 2. The summed E-state index contributed by atoms with van der Waals surface area (Å²) < 4.78 is 1.49. The molecule has 1 saturated heterocycles. The Morgan fingerprint density at radius 2 is 2.06 bits per heavy atom. The van der Waals surface area contributed by atoms with E-state index in [1.165, 1.54) is 22.0 Å². The van der Waals surface area contributed by atoms with E-state index in [9.17, 15) is 19.7 Å². The van der Waals surface area contributed by atoms with Gasteiger partial charge in [0.25, 0.3) is 0 Å². The maximum atomic E-state index is 12.7. The highest BCUT2D eigenvalue weighted by atomic mass is 16.6. The number of rotatable bonds is 3. The zero-order valence-electron chi connectivity index (χ0n) is 17.5. The Bertz CT molecular complexity index is 1240. The Hall–Kier alpha value is -4.52. The van der Waals surface area contributed by atoms with E-state index in [1.54, 1.807) is 36.5 Å². The number of likely N-dealkylation sites (tertiary alicyclic amines) is 1. The molecule has 0 radical (unpaired) electrons. The fourth-order valence-electron chi connectivity index (χ4n) is 3.55. The summed E-state index contributed by atoms with van der Waals surface area (Å²) in [5, 5.41) is 17.6. The van der Waals surface area contributed by atoms with Crippen molar-refractivity contribution in [3.63, 3.8) is 0 Å². The summed E-state index contributed by atoms with van der Waals surface area (Å²) in [4.78, 5) is 41.3. The number of carbonyl (C=O) groups is 2. The van der Waals surface area contributed by atoms with Gasteiger partial charge in [-0.15, -0.1) is 0 Å².